The number of rotatable bonds is 6. The number of hydrogen-bond donors (Lipinski definition) is 2. The van der Waals surface area contributed by atoms with E-state index in [1.54, 1.807) is 32.6 Å². The van der Waals surface area contributed by atoms with Crippen LogP contribution in [0.2, 0.25) is 0 Å². The van der Waals surface area contributed by atoms with E-state index in [1.807, 2.05) is 42.5 Å². The molecule has 2 amide bonds. The van der Waals surface area contributed by atoms with Crippen molar-refractivity contribution in [2.24, 2.45) is 7.05 Å². The first kappa shape index (κ1) is 25.0. The maximum atomic E-state index is 13.5. The van der Waals surface area contributed by atoms with Gasteiger partial charge in [0.2, 0.25) is 0 Å². The summed E-state index contributed by atoms with van der Waals surface area (Å²) in [6.07, 6.45) is 3.35. The number of hydrogen-bond acceptors (Lipinski definition) is 4. The molecule has 2 heterocycles. The van der Waals surface area contributed by atoms with E-state index < -0.39 is 6.03 Å². The smallest absolute Gasteiger partial charge is 0.323 e. The Morgan fingerprint density at radius 1 is 0.944 bits per heavy atom. The summed E-state index contributed by atoms with van der Waals surface area (Å²) in [4.78, 5) is 31.3. The van der Waals surface area contributed by atoms with Gasteiger partial charge in [-0.3, -0.25) is 9.78 Å². The van der Waals surface area contributed by atoms with Crippen LogP contribution >= 0.6 is 0 Å². The molecule has 0 unspecified atom stereocenters. The van der Waals surface area contributed by atoms with E-state index in [4.69, 9.17) is 4.74 Å². The van der Waals surface area contributed by atoms with Gasteiger partial charge < -0.3 is 19.9 Å². The number of nitrogens with zero attached hydrogens (tertiary/aromatic N) is 2. The summed E-state index contributed by atoms with van der Waals surface area (Å²) >= 11 is 0. The molecule has 4 aromatic rings. The molecule has 0 aliphatic rings. The normalized spacial score (nSPS) is 11.2. The molecule has 36 heavy (non-hydrogen) atoms. The summed E-state index contributed by atoms with van der Waals surface area (Å²) < 4.78 is 6.94. The highest BCUT2D eigenvalue weighted by atomic mass is 16.5. The van der Waals surface area contributed by atoms with Gasteiger partial charge in [-0.25, -0.2) is 4.79 Å². The number of amides is 2. The van der Waals surface area contributed by atoms with Crippen molar-refractivity contribution in [2.45, 2.75) is 39.5 Å². The lowest BCUT2D eigenvalue weighted by Crippen LogP contribution is -2.29. The Morgan fingerprint density at radius 3 is 2.22 bits per heavy atom. The number of para-hydroxylation sites is 1. The average molecular weight is 485 g/mol. The number of carbonyl (C=O) groups excluding carboxylic acids is 1. The SMILES string of the molecule is COc1cccc(-c2c(NC(=O)Nc3c(C(C)C)cccc3C(C)C)c(=O)n(C)c3ccncc23)c1. The molecule has 0 saturated heterocycles. The van der Waals surface area contributed by atoms with E-state index in [0.29, 0.717) is 16.8 Å². The molecule has 0 fully saturated rings. The number of nitrogens with one attached hydrogen (secondary N) is 2. The molecule has 0 spiro atoms. The Bertz CT molecular complexity index is 1460. The van der Waals surface area contributed by atoms with E-state index in [9.17, 15) is 9.59 Å². The van der Waals surface area contributed by atoms with Crippen LogP contribution in [0.4, 0.5) is 16.2 Å². The van der Waals surface area contributed by atoms with Crippen LogP contribution in [0.1, 0.15) is 50.7 Å². The predicted octanol–water partition coefficient (Wildman–Crippen LogP) is 6.50. The number of methoxy groups -OCH3 is 1. The summed E-state index contributed by atoms with van der Waals surface area (Å²) in [6, 6.07) is 14.8. The van der Waals surface area contributed by atoms with Crippen LogP contribution in [0, 0.1) is 0 Å². The predicted molar refractivity (Wildman–Crippen MR) is 146 cm³/mol. The van der Waals surface area contributed by atoms with Gasteiger partial charge in [0, 0.05) is 36.1 Å². The Kier molecular flexibility index (Phi) is 7.10. The Labute approximate surface area is 211 Å². The second-order valence-electron chi connectivity index (χ2n) is 9.44. The van der Waals surface area contributed by atoms with Crippen molar-refractivity contribution in [3.05, 3.63) is 82.4 Å². The fourth-order valence-electron chi connectivity index (χ4n) is 4.54. The molecule has 0 aliphatic heterocycles. The van der Waals surface area contributed by atoms with Crippen LogP contribution in [0.15, 0.2) is 65.7 Å². The molecular formula is C29H32N4O3. The lowest BCUT2D eigenvalue weighted by Gasteiger charge is -2.21. The standard InChI is InChI=1S/C29H32N4O3/c1-17(2)21-11-8-12-22(18(3)4)26(21)31-29(35)32-27-25(19-9-7-10-20(15-19)36-6)23-16-30-14-13-24(23)33(5)28(27)34/h7-18H,1-6H3,(H2,31,32,35). The highest BCUT2D eigenvalue weighted by Crippen LogP contribution is 2.36. The Morgan fingerprint density at radius 2 is 1.58 bits per heavy atom. The summed E-state index contributed by atoms with van der Waals surface area (Å²) in [5.41, 5.74) is 4.77. The van der Waals surface area contributed by atoms with Crippen LogP contribution in [0.3, 0.4) is 0 Å². The second kappa shape index (κ2) is 10.2. The Hall–Kier alpha value is -4.13. The highest BCUT2D eigenvalue weighted by Gasteiger charge is 2.21. The van der Waals surface area contributed by atoms with Crippen molar-refractivity contribution in [3.63, 3.8) is 0 Å². The molecule has 0 bridgehead atoms. The summed E-state index contributed by atoms with van der Waals surface area (Å²) in [6.45, 7) is 8.37. The molecule has 2 N–H and O–H groups in total. The minimum Gasteiger partial charge on any atom is -0.497 e. The van der Waals surface area contributed by atoms with E-state index in [0.717, 1.165) is 27.8 Å². The van der Waals surface area contributed by atoms with Crippen LogP contribution in [0.5, 0.6) is 5.75 Å². The first-order chi connectivity index (χ1) is 17.2. The first-order valence-electron chi connectivity index (χ1n) is 12.0. The number of anilines is 2. The third-order valence-electron chi connectivity index (χ3n) is 6.41. The van der Waals surface area contributed by atoms with Crippen molar-refractivity contribution in [2.75, 3.05) is 17.7 Å². The maximum Gasteiger partial charge on any atom is 0.323 e. The molecular weight excluding hydrogens is 452 g/mol. The lowest BCUT2D eigenvalue weighted by atomic mass is 9.93. The zero-order valence-electron chi connectivity index (χ0n) is 21.5. The first-order valence-corrected chi connectivity index (χ1v) is 12.0. The molecule has 0 saturated carbocycles. The highest BCUT2D eigenvalue weighted by molar-refractivity contribution is 6.08. The summed E-state index contributed by atoms with van der Waals surface area (Å²) in [5.74, 6) is 1.07. The van der Waals surface area contributed by atoms with E-state index in [2.05, 4.69) is 43.3 Å². The number of pyridine rings is 2. The fourth-order valence-corrected chi connectivity index (χ4v) is 4.54. The molecule has 7 heteroatoms. The topological polar surface area (TPSA) is 85.3 Å². The second-order valence-corrected chi connectivity index (χ2v) is 9.44. The zero-order valence-corrected chi connectivity index (χ0v) is 21.5. The largest absolute Gasteiger partial charge is 0.497 e. The fraction of sp³-hybridized carbons (Fsp3) is 0.276. The van der Waals surface area contributed by atoms with Gasteiger partial charge in [0.05, 0.1) is 12.6 Å². The molecule has 4 rings (SSSR count). The van der Waals surface area contributed by atoms with Gasteiger partial charge in [-0.05, 0) is 46.7 Å². The Balaban J connectivity index is 1.86. The minimum absolute atomic E-state index is 0.178. The van der Waals surface area contributed by atoms with Gasteiger partial charge in [-0.15, -0.1) is 0 Å². The van der Waals surface area contributed by atoms with Crippen molar-refractivity contribution in [3.8, 4) is 16.9 Å². The monoisotopic (exact) mass is 484 g/mol. The van der Waals surface area contributed by atoms with Crippen molar-refractivity contribution in [1.82, 2.24) is 9.55 Å². The zero-order chi connectivity index (χ0) is 26.0. The molecule has 0 aliphatic carbocycles. The summed E-state index contributed by atoms with van der Waals surface area (Å²) in [7, 11) is 3.28. The molecule has 2 aromatic carbocycles. The summed E-state index contributed by atoms with van der Waals surface area (Å²) in [5, 5.41) is 6.67. The van der Waals surface area contributed by atoms with Gasteiger partial charge in [-0.2, -0.15) is 0 Å². The number of aryl methyl sites for hydroxylation is 1. The van der Waals surface area contributed by atoms with E-state index >= 15 is 0 Å². The van der Waals surface area contributed by atoms with Crippen molar-refractivity contribution >= 4 is 28.3 Å². The number of aromatic nitrogens is 2. The minimum atomic E-state index is -0.477. The molecule has 7 nitrogen and oxygen atoms in total. The maximum absolute atomic E-state index is 13.5. The molecule has 186 valence electrons. The number of fused-ring (bicyclic) bond motifs is 1. The number of benzene rings is 2. The van der Waals surface area contributed by atoms with Crippen LogP contribution in [-0.4, -0.2) is 22.7 Å². The van der Waals surface area contributed by atoms with Crippen molar-refractivity contribution in [1.29, 1.82) is 0 Å². The van der Waals surface area contributed by atoms with E-state index in [-0.39, 0.29) is 23.1 Å². The van der Waals surface area contributed by atoms with Crippen LogP contribution in [0.25, 0.3) is 22.0 Å². The van der Waals surface area contributed by atoms with Gasteiger partial charge in [0.1, 0.15) is 11.4 Å². The van der Waals surface area contributed by atoms with Gasteiger partial charge in [0.25, 0.3) is 5.56 Å². The van der Waals surface area contributed by atoms with E-state index in [1.165, 1.54) is 4.57 Å². The lowest BCUT2D eigenvalue weighted by molar-refractivity contribution is 0.262. The molecule has 0 atom stereocenters. The average Bonchev–Trinajstić information content (AvgIpc) is 2.87. The quantitative estimate of drug-likeness (QED) is 0.327. The van der Waals surface area contributed by atoms with Gasteiger partial charge in [0.15, 0.2) is 0 Å². The van der Waals surface area contributed by atoms with Crippen LogP contribution in [-0.2, 0) is 7.05 Å². The number of urea groups is 1. The van der Waals surface area contributed by atoms with Crippen molar-refractivity contribution < 1.29 is 9.53 Å². The number of carbonyl (C=O) groups is 1. The third-order valence-corrected chi connectivity index (χ3v) is 6.41. The molecule has 2 aromatic heterocycles. The number of ether oxygens (including phenoxy) is 1. The van der Waals surface area contributed by atoms with Gasteiger partial charge >= 0.3 is 6.03 Å². The third kappa shape index (κ3) is 4.69. The van der Waals surface area contributed by atoms with Gasteiger partial charge in [-0.1, -0.05) is 58.0 Å². The molecule has 0 radical (unpaired) electrons. The van der Waals surface area contributed by atoms with Crippen LogP contribution < -0.4 is 20.9 Å².